The van der Waals surface area contributed by atoms with Crippen molar-refractivity contribution in [2.75, 3.05) is 13.7 Å². The van der Waals surface area contributed by atoms with Gasteiger partial charge in [-0.2, -0.15) is 0 Å². The van der Waals surface area contributed by atoms with Crippen molar-refractivity contribution < 1.29 is 9.15 Å². The molecule has 0 aliphatic heterocycles. The average molecular weight is 282 g/mol. The van der Waals surface area contributed by atoms with Crippen LogP contribution in [-0.2, 0) is 4.74 Å². The summed E-state index contributed by atoms with van der Waals surface area (Å²) >= 11 is 6.00. The minimum absolute atomic E-state index is 0.0441. The lowest BCUT2D eigenvalue weighted by molar-refractivity contribution is 0.0760. The Hall–Kier alpha value is -1.03. The summed E-state index contributed by atoms with van der Waals surface area (Å²) in [6.07, 6.45) is 1.11. The van der Waals surface area contributed by atoms with E-state index in [1.54, 1.807) is 7.11 Å². The maximum Gasteiger partial charge on any atom is 0.134 e. The van der Waals surface area contributed by atoms with E-state index < -0.39 is 0 Å². The molecule has 2 aromatic rings. The van der Waals surface area contributed by atoms with Gasteiger partial charge < -0.3 is 14.5 Å². The summed E-state index contributed by atoms with van der Waals surface area (Å²) in [5, 5.41) is 5.20. The van der Waals surface area contributed by atoms with Gasteiger partial charge in [-0.25, -0.2) is 0 Å². The predicted molar refractivity (Wildman–Crippen MR) is 78.7 cm³/mol. The number of rotatable bonds is 6. The third kappa shape index (κ3) is 3.30. The topological polar surface area (TPSA) is 34.4 Å². The fourth-order valence-electron chi connectivity index (χ4n) is 2.12. The van der Waals surface area contributed by atoms with Crippen LogP contribution in [0.1, 0.15) is 32.1 Å². The van der Waals surface area contributed by atoms with E-state index in [0.29, 0.717) is 0 Å². The van der Waals surface area contributed by atoms with Gasteiger partial charge in [0.2, 0.25) is 0 Å². The Bertz CT molecular complexity index is 538. The van der Waals surface area contributed by atoms with Crippen molar-refractivity contribution in [2.45, 2.75) is 32.4 Å². The molecule has 2 atom stereocenters. The van der Waals surface area contributed by atoms with Gasteiger partial charge in [-0.05, 0) is 44.2 Å². The summed E-state index contributed by atoms with van der Waals surface area (Å²) in [5.41, 5.74) is 0.853. The minimum Gasteiger partial charge on any atom is -0.459 e. The SMILES string of the molecule is CCCNC(c1cc2cc(Cl)ccc2o1)C(C)OC. The predicted octanol–water partition coefficient (Wildman–Crippen LogP) is 4.16. The zero-order valence-corrected chi connectivity index (χ0v) is 12.3. The van der Waals surface area contributed by atoms with Crippen molar-refractivity contribution in [1.29, 1.82) is 0 Å². The molecule has 0 saturated carbocycles. The van der Waals surface area contributed by atoms with Crippen molar-refractivity contribution in [3.05, 3.63) is 35.0 Å². The van der Waals surface area contributed by atoms with Crippen molar-refractivity contribution in [1.82, 2.24) is 5.32 Å². The Kier molecular flexibility index (Phi) is 4.86. The van der Waals surface area contributed by atoms with Gasteiger partial charge in [-0.15, -0.1) is 0 Å². The lowest BCUT2D eigenvalue weighted by atomic mass is 10.1. The summed E-state index contributed by atoms with van der Waals surface area (Å²) in [7, 11) is 1.71. The van der Waals surface area contributed by atoms with Crippen LogP contribution in [0, 0.1) is 0 Å². The molecule has 3 nitrogen and oxygen atoms in total. The van der Waals surface area contributed by atoms with Crippen LogP contribution in [0.25, 0.3) is 11.0 Å². The third-order valence-electron chi connectivity index (χ3n) is 3.26. The third-order valence-corrected chi connectivity index (χ3v) is 3.49. The number of hydrogen-bond acceptors (Lipinski definition) is 3. The minimum atomic E-state index is 0.0441. The van der Waals surface area contributed by atoms with Crippen molar-refractivity contribution >= 4 is 22.6 Å². The van der Waals surface area contributed by atoms with Crippen molar-refractivity contribution in [3.63, 3.8) is 0 Å². The first-order chi connectivity index (χ1) is 9.15. The number of methoxy groups -OCH3 is 1. The second-order valence-corrected chi connectivity index (χ2v) is 5.14. The summed E-state index contributed by atoms with van der Waals surface area (Å²) in [6.45, 7) is 5.10. The van der Waals surface area contributed by atoms with Gasteiger partial charge in [0.25, 0.3) is 0 Å². The molecule has 1 aromatic heterocycles. The number of furan rings is 1. The summed E-state index contributed by atoms with van der Waals surface area (Å²) < 4.78 is 11.3. The maximum atomic E-state index is 6.00. The highest BCUT2D eigenvalue weighted by Crippen LogP contribution is 2.28. The van der Waals surface area contributed by atoms with Crippen LogP contribution in [0.15, 0.2) is 28.7 Å². The standard InChI is InChI=1S/C15H20ClNO2/c1-4-7-17-15(10(2)18-3)14-9-11-8-12(16)5-6-13(11)19-14/h5-6,8-10,15,17H,4,7H2,1-3H3. The van der Waals surface area contributed by atoms with E-state index in [1.165, 1.54) is 0 Å². The summed E-state index contributed by atoms with van der Waals surface area (Å²) in [4.78, 5) is 0. The normalized spacial score (nSPS) is 14.7. The van der Waals surface area contributed by atoms with Crippen LogP contribution in [0.4, 0.5) is 0 Å². The van der Waals surface area contributed by atoms with E-state index >= 15 is 0 Å². The molecule has 1 heterocycles. The van der Waals surface area contributed by atoms with E-state index in [2.05, 4.69) is 12.2 Å². The highest BCUT2D eigenvalue weighted by Gasteiger charge is 2.22. The van der Waals surface area contributed by atoms with E-state index in [1.807, 2.05) is 31.2 Å². The highest BCUT2D eigenvalue weighted by molar-refractivity contribution is 6.31. The molecule has 0 aliphatic rings. The summed E-state index contributed by atoms with van der Waals surface area (Å²) in [5.74, 6) is 0.889. The Balaban J connectivity index is 2.32. The molecule has 4 heteroatoms. The number of halogens is 1. The van der Waals surface area contributed by atoms with E-state index in [0.717, 1.165) is 34.7 Å². The van der Waals surface area contributed by atoms with Gasteiger partial charge in [-0.1, -0.05) is 18.5 Å². The number of benzene rings is 1. The molecule has 2 unspecified atom stereocenters. The van der Waals surface area contributed by atoms with Crippen LogP contribution in [0.2, 0.25) is 5.02 Å². The molecule has 1 N–H and O–H groups in total. The van der Waals surface area contributed by atoms with Crippen molar-refractivity contribution in [2.24, 2.45) is 0 Å². The molecule has 104 valence electrons. The molecule has 19 heavy (non-hydrogen) atoms. The first-order valence-electron chi connectivity index (χ1n) is 6.61. The first kappa shape index (κ1) is 14.4. The molecular weight excluding hydrogens is 262 g/mol. The fraction of sp³-hybridized carbons (Fsp3) is 0.467. The molecule has 0 aliphatic carbocycles. The number of hydrogen-bond donors (Lipinski definition) is 1. The average Bonchev–Trinajstić information content (AvgIpc) is 2.81. The Morgan fingerprint density at radius 2 is 2.16 bits per heavy atom. The highest BCUT2D eigenvalue weighted by atomic mass is 35.5. The molecule has 0 bridgehead atoms. The van der Waals surface area contributed by atoms with Crippen LogP contribution in [-0.4, -0.2) is 19.8 Å². The second-order valence-electron chi connectivity index (χ2n) is 4.70. The van der Waals surface area contributed by atoms with Crippen LogP contribution in [0.3, 0.4) is 0 Å². The molecule has 0 amide bonds. The molecule has 0 radical (unpaired) electrons. The zero-order chi connectivity index (χ0) is 13.8. The largest absolute Gasteiger partial charge is 0.459 e. The van der Waals surface area contributed by atoms with Crippen molar-refractivity contribution in [3.8, 4) is 0 Å². The number of fused-ring (bicyclic) bond motifs is 1. The second kappa shape index (κ2) is 6.42. The van der Waals surface area contributed by atoms with Gasteiger partial charge in [0.1, 0.15) is 11.3 Å². The lowest BCUT2D eigenvalue weighted by Crippen LogP contribution is -2.31. The zero-order valence-electron chi connectivity index (χ0n) is 11.6. The molecule has 0 fully saturated rings. The molecule has 1 aromatic carbocycles. The smallest absolute Gasteiger partial charge is 0.134 e. The Morgan fingerprint density at radius 1 is 1.37 bits per heavy atom. The quantitative estimate of drug-likeness (QED) is 0.863. The van der Waals surface area contributed by atoms with Gasteiger partial charge in [-0.3, -0.25) is 0 Å². The van der Waals surface area contributed by atoms with E-state index in [-0.39, 0.29) is 12.1 Å². The van der Waals surface area contributed by atoms with Gasteiger partial charge in [0.05, 0.1) is 12.1 Å². The first-order valence-corrected chi connectivity index (χ1v) is 6.98. The van der Waals surface area contributed by atoms with Crippen LogP contribution < -0.4 is 5.32 Å². The number of nitrogens with one attached hydrogen (secondary N) is 1. The van der Waals surface area contributed by atoms with Gasteiger partial charge in [0, 0.05) is 17.5 Å². The van der Waals surface area contributed by atoms with E-state index in [4.69, 9.17) is 20.8 Å². The summed E-state index contributed by atoms with van der Waals surface area (Å²) in [6, 6.07) is 7.74. The molecule has 0 spiro atoms. The number of ether oxygens (including phenoxy) is 1. The maximum absolute atomic E-state index is 6.00. The molecule has 2 rings (SSSR count). The Morgan fingerprint density at radius 3 is 2.84 bits per heavy atom. The molecule has 0 saturated heterocycles. The van der Waals surface area contributed by atoms with Gasteiger partial charge >= 0.3 is 0 Å². The lowest BCUT2D eigenvalue weighted by Gasteiger charge is -2.22. The van der Waals surface area contributed by atoms with Gasteiger partial charge in [0.15, 0.2) is 0 Å². The molecular formula is C15H20ClNO2. The van der Waals surface area contributed by atoms with Crippen LogP contribution >= 0.6 is 11.6 Å². The van der Waals surface area contributed by atoms with Crippen LogP contribution in [0.5, 0.6) is 0 Å². The fourth-order valence-corrected chi connectivity index (χ4v) is 2.30. The van der Waals surface area contributed by atoms with E-state index in [9.17, 15) is 0 Å². The monoisotopic (exact) mass is 281 g/mol. The Labute approximate surface area is 118 Å².